The van der Waals surface area contributed by atoms with Gasteiger partial charge in [0.25, 0.3) is 0 Å². The molecule has 0 aromatic heterocycles. The molecule has 1 aliphatic heterocycles. The fraction of sp³-hybridized carbons (Fsp3) is 0.667. The van der Waals surface area contributed by atoms with E-state index in [0.717, 1.165) is 6.42 Å². The van der Waals surface area contributed by atoms with Gasteiger partial charge in [-0.15, -0.1) is 12.4 Å². The minimum Gasteiger partial charge on any atom is -0.490 e. The van der Waals surface area contributed by atoms with Gasteiger partial charge >= 0.3 is 0 Å². The number of benzene rings is 1. The molecule has 0 amide bonds. The number of ether oxygens (including phenoxy) is 3. The SMILES string of the molecule is CCOc1ccc(S(=O)(=O)N2CCC(OCCCN)CC2)cc1OCC.Cl. The fourth-order valence-electron chi connectivity index (χ4n) is 2.91. The lowest BCUT2D eigenvalue weighted by molar-refractivity contribution is 0.0209. The van der Waals surface area contributed by atoms with Gasteiger partial charge in [0, 0.05) is 25.8 Å². The van der Waals surface area contributed by atoms with Gasteiger partial charge in [-0.05, 0) is 51.8 Å². The summed E-state index contributed by atoms with van der Waals surface area (Å²) in [5.41, 5.74) is 5.46. The minimum atomic E-state index is -3.56. The van der Waals surface area contributed by atoms with Crippen LogP contribution in [-0.4, -0.2) is 58.3 Å². The lowest BCUT2D eigenvalue weighted by Crippen LogP contribution is -2.41. The van der Waals surface area contributed by atoms with Crippen LogP contribution in [0.2, 0.25) is 0 Å². The number of rotatable bonds is 10. The molecule has 1 aromatic rings. The second-order valence-corrected chi connectivity index (χ2v) is 8.03. The van der Waals surface area contributed by atoms with E-state index in [-0.39, 0.29) is 23.4 Å². The molecule has 0 saturated carbocycles. The summed E-state index contributed by atoms with van der Waals surface area (Å²) in [6.07, 6.45) is 2.32. The first-order valence-electron chi connectivity index (χ1n) is 9.24. The van der Waals surface area contributed by atoms with E-state index in [2.05, 4.69) is 0 Å². The molecule has 1 fully saturated rings. The highest BCUT2D eigenvalue weighted by atomic mass is 35.5. The van der Waals surface area contributed by atoms with Crippen LogP contribution in [0, 0.1) is 0 Å². The van der Waals surface area contributed by atoms with Crippen LogP contribution in [0.1, 0.15) is 33.1 Å². The Labute approximate surface area is 168 Å². The predicted octanol–water partition coefficient (Wildman–Crippen LogP) is 2.42. The average Bonchev–Trinajstić information content (AvgIpc) is 2.64. The van der Waals surface area contributed by atoms with Gasteiger partial charge in [-0.25, -0.2) is 8.42 Å². The zero-order valence-corrected chi connectivity index (χ0v) is 17.7. The van der Waals surface area contributed by atoms with Gasteiger partial charge in [-0.2, -0.15) is 4.31 Å². The molecule has 1 saturated heterocycles. The summed E-state index contributed by atoms with van der Waals surface area (Å²) in [4.78, 5) is 0.229. The standard InChI is InChI=1S/C18H30N2O5S.ClH/c1-3-23-17-7-6-16(14-18(17)24-4-2)26(21,22)20-11-8-15(9-12-20)25-13-5-10-19;/h6-7,14-15H,3-5,8-13,19H2,1-2H3;1H. The maximum absolute atomic E-state index is 13.0. The molecule has 0 atom stereocenters. The van der Waals surface area contributed by atoms with E-state index in [1.165, 1.54) is 4.31 Å². The molecule has 1 heterocycles. The highest BCUT2D eigenvalue weighted by molar-refractivity contribution is 7.89. The number of halogens is 1. The summed E-state index contributed by atoms with van der Waals surface area (Å²) in [6.45, 7) is 6.79. The molecule has 2 rings (SSSR count). The van der Waals surface area contributed by atoms with Crippen molar-refractivity contribution in [3.05, 3.63) is 18.2 Å². The topological polar surface area (TPSA) is 91.1 Å². The van der Waals surface area contributed by atoms with E-state index >= 15 is 0 Å². The van der Waals surface area contributed by atoms with Crippen LogP contribution in [-0.2, 0) is 14.8 Å². The zero-order chi connectivity index (χ0) is 19.0. The smallest absolute Gasteiger partial charge is 0.243 e. The first kappa shape index (κ1) is 24.0. The molecule has 1 aliphatic rings. The number of nitrogens with zero attached hydrogens (tertiary/aromatic N) is 1. The van der Waals surface area contributed by atoms with Crippen LogP contribution in [0.4, 0.5) is 0 Å². The highest BCUT2D eigenvalue weighted by Crippen LogP contribution is 2.32. The van der Waals surface area contributed by atoms with Gasteiger partial charge in [0.1, 0.15) is 0 Å². The third-order valence-electron chi connectivity index (χ3n) is 4.26. The summed E-state index contributed by atoms with van der Waals surface area (Å²) in [5.74, 6) is 1.01. The largest absolute Gasteiger partial charge is 0.490 e. The van der Waals surface area contributed by atoms with E-state index < -0.39 is 10.0 Å². The summed E-state index contributed by atoms with van der Waals surface area (Å²) >= 11 is 0. The Morgan fingerprint density at radius 3 is 2.33 bits per heavy atom. The highest BCUT2D eigenvalue weighted by Gasteiger charge is 2.30. The van der Waals surface area contributed by atoms with E-state index in [1.54, 1.807) is 18.2 Å². The van der Waals surface area contributed by atoms with Crippen LogP contribution >= 0.6 is 12.4 Å². The van der Waals surface area contributed by atoms with Crippen LogP contribution in [0.15, 0.2) is 23.1 Å². The molecule has 7 nitrogen and oxygen atoms in total. The van der Waals surface area contributed by atoms with E-state index in [9.17, 15) is 8.42 Å². The van der Waals surface area contributed by atoms with Crippen LogP contribution < -0.4 is 15.2 Å². The minimum absolute atomic E-state index is 0. The number of sulfonamides is 1. The van der Waals surface area contributed by atoms with Crippen molar-refractivity contribution in [3.8, 4) is 11.5 Å². The van der Waals surface area contributed by atoms with E-state index in [1.807, 2.05) is 13.8 Å². The Bertz CT molecular complexity index is 664. The first-order valence-corrected chi connectivity index (χ1v) is 10.7. The van der Waals surface area contributed by atoms with Gasteiger partial charge in [0.15, 0.2) is 11.5 Å². The summed E-state index contributed by atoms with van der Waals surface area (Å²) in [6, 6.07) is 4.78. The number of nitrogens with two attached hydrogens (primary N) is 1. The Kier molecular flexibility index (Phi) is 10.4. The summed E-state index contributed by atoms with van der Waals surface area (Å²) in [7, 11) is -3.56. The van der Waals surface area contributed by atoms with Crippen LogP contribution in [0.3, 0.4) is 0 Å². The zero-order valence-electron chi connectivity index (χ0n) is 16.1. The van der Waals surface area contributed by atoms with Gasteiger partial charge < -0.3 is 19.9 Å². The van der Waals surface area contributed by atoms with Gasteiger partial charge in [0.05, 0.1) is 24.2 Å². The summed E-state index contributed by atoms with van der Waals surface area (Å²) < 4.78 is 44.2. The molecule has 2 N–H and O–H groups in total. The Balaban J connectivity index is 0.00000364. The molecule has 156 valence electrons. The van der Waals surface area contributed by atoms with Gasteiger partial charge in [0.2, 0.25) is 10.0 Å². The average molecular weight is 423 g/mol. The Morgan fingerprint density at radius 2 is 1.74 bits per heavy atom. The van der Waals surface area contributed by atoms with Crippen molar-refractivity contribution in [2.24, 2.45) is 5.73 Å². The lowest BCUT2D eigenvalue weighted by Gasteiger charge is -2.31. The Morgan fingerprint density at radius 1 is 1.11 bits per heavy atom. The Hall–Kier alpha value is -1.06. The van der Waals surface area contributed by atoms with Crippen molar-refractivity contribution in [1.29, 1.82) is 0 Å². The maximum Gasteiger partial charge on any atom is 0.243 e. The maximum atomic E-state index is 13.0. The van der Waals surface area contributed by atoms with Crippen molar-refractivity contribution < 1.29 is 22.6 Å². The molecule has 1 aromatic carbocycles. The number of hydrogen-bond acceptors (Lipinski definition) is 6. The third-order valence-corrected chi connectivity index (χ3v) is 6.15. The summed E-state index contributed by atoms with van der Waals surface area (Å²) in [5, 5.41) is 0. The fourth-order valence-corrected chi connectivity index (χ4v) is 4.40. The predicted molar refractivity (Wildman–Crippen MR) is 107 cm³/mol. The van der Waals surface area contributed by atoms with Crippen LogP contribution in [0.25, 0.3) is 0 Å². The number of piperidine rings is 1. The second kappa shape index (κ2) is 11.7. The van der Waals surface area contributed by atoms with Crippen molar-refractivity contribution in [1.82, 2.24) is 4.31 Å². The molecule has 0 radical (unpaired) electrons. The van der Waals surface area contributed by atoms with Gasteiger partial charge in [-0.3, -0.25) is 0 Å². The molecule has 0 unspecified atom stereocenters. The molecule has 0 bridgehead atoms. The van der Waals surface area contributed by atoms with Crippen LogP contribution in [0.5, 0.6) is 11.5 Å². The van der Waals surface area contributed by atoms with Gasteiger partial charge in [-0.1, -0.05) is 0 Å². The quantitative estimate of drug-likeness (QED) is 0.582. The molecule has 0 aliphatic carbocycles. The third kappa shape index (κ3) is 6.50. The monoisotopic (exact) mass is 422 g/mol. The van der Waals surface area contributed by atoms with E-state index in [0.29, 0.717) is 63.8 Å². The molecule has 0 spiro atoms. The van der Waals surface area contributed by atoms with Crippen molar-refractivity contribution in [2.45, 2.75) is 44.1 Å². The first-order chi connectivity index (χ1) is 12.5. The second-order valence-electron chi connectivity index (χ2n) is 6.09. The van der Waals surface area contributed by atoms with Crippen molar-refractivity contribution >= 4 is 22.4 Å². The molecular formula is C18H31ClN2O5S. The molecule has 27 heavy (non-hydrogen) atoms. The van der Waals surface area contributed by atoms with E-state index in [4.69, 9.17) is 19.9 Å². The normalized spacial score (nSPS) is 16.0. The van der Waals surface area contributed by atoms with Crippen molar-refractivity contribution in [3.63, 3.8) is 0 Å². The molecular weight excluding hydrogens is 392 g/mol. The molecule has 9 heteroatoms. The number of hydrogen-bond donors (Lipinski definition) is 1. The van der Waals surface area contributed by atoms with Crippen molar-refractivity contribution in [2.75, 3.05) is 39.5 Å². The lowest BCUT2D eigenvalue weighted by atomic mass is 10.1.